The molecule has 1 heterocycles. The van der Waals surface area contributed by atoms with Crippen LogP contribution in [0.4, 0.5) is 0 Å². The SMILES string of the molecule is COC(=O)C1=C(C)N(Cc2ccc(OC)cc2)C(=O)/C1=C\c1cccc(Cl)c1Cl. The van der Waals surface area contributed by atoms with Gasteiger partial charge in [-0.05, 0) is 42.3 Å². The molecule has 0 N–H and O–H groups in total. The molecule has 0 unspecified atom stereocenters. The number of halogens is 2. The van der Waals surface area contributed by atoms with Gasteiger partial charge in [-0.2, -0.15) is 0 Å². The average Bonchev–Trinajstić information content (AvgIpc) is 2.95. The lowest BCUT2D eigenvalue weighted by Gasteiger charge is -2.18. The predicted octanol–water partition coefficient (Wildman–Crippen LogP) is 4.87. The topological polar surface area (TPSA) is 55.8 Å². The fourth-order valence-electron chi connectivity index (χ4n) is 3.12. The van der Waals surface area contributed by atoms with Crippen molar-refractivity contribution in [1.82, 2.24) is 4.90 Å². The number of allylic oxidation sites excluding steroid dienone is 1. The van der Waals surface area contributed by atoms with Crippen molar-refractivity contribution in [1.29, 1.82) is 0 Å². The minimum Gasteiger partial charge on any atom is -0.497 e. The molecule has 29 heavy (non-hydrogen) atoms. The summed E-state index contributed by atoms with van der Waals surface area (Å²) in [6.07, 6.45) is 1.57. The molecule has 0 saturated carbocycles. The minimum absolute atomic E-state index is 0.210. The second-order valence-electron chi connectivity index (χ2n) is 6.39. The monoisotopic (exact) mass is 431 g/mol. The molecule has 2 aromatic carbocycles. The van der Waals surface area contributed by atoms with E-state index in [1.807, 2.05) is 24.3 Å². The van der Waals surface area contributed by atoms with Crippen LogP contribution in [0.1, 0.15) is 18.1 Å². The Hall–Kier alpha value is -2.76. The summed E-state index contributed by atoms with van der Waals surface area (Å²) < 4.78 is 10.1. The first-order chi connectivity index (χ1) is 13.9. The maximum Gasteiger partial charge on any atom is 0.340 e. The summed E-state index contributed by atoms with van der Waals surface area (Å²) in [6, 6.07) is 12.5. The third-order valence-corrected chi connectivity index (χ3v) is 5.52. The molecule has 0 bridgehead atoms. The maximum atomic E-state index is 13.2. The molecule has 1 aliphatic rings. The van der Waals surface area contributed by atoms with Crippen LogP contribution in [0, 0.1) is 0 Å². The third-order valence-electron chi connectivity index (χ3n) is 4.68. The normalized spacial score (nSPS) is 15.3. The molecule has 1 amide bonds. The van der Waals surface area contributed by atoms with E-state index >= 15 is 0 Å². The first-order valence-corrected chi connectivity index (χ1v) is 9.53. The smallest absolute Gasteiger partial charge is 0.340 e. The molecule has 5 nitrogen and oxygen atoms in total. The molecule has 3 rings (SSSR count). The van der Waals surface area contributed by atoms with E-state index in [2.05, 4.69) is 0 Å². The largest absolute Gasteiger partial charge is 0.497 e. The summed E-state index contributed by atoms with van der Waals surface area (Å²) in [5.74, 6) is -0.174. The molecule has 0 spiro atoms. The maximum absolute atomic E-state index is 13.2. The fraction of sp³-hybridized carbons (Fsp3) is 0.182. The van der Waals surface area contributed by atoms with Crippen LogP contribution in [0.15, 0.2) is 59.3 Å². The van der Waals surface area contributed by atoms with Gasteiger partial charge in [0.25, 0.3) is 5.91 Å². The van der Waals surface area contributed by atoms with E-state index in [0.29, 0.717) is 27.9 Å². The lowest BCUT2D eigenvalue weighted by molar-refractivity contribution is -0.136. The van der Waals surface area contributed by atoms with Crippen molar-refractivity contribution in [3.05, 3.63) is 80.5 Å². The Bertz CT molecular complexity index is 1030. The van der Waals surface area contributed by atoms with E-state index < -0.39 is 5.97 Å². The van der Waals surface area contributed by atoms with E-state index in [9.17, 15) is 9.59 Å². The van der Waals surface area contributed by atoms with Gasteiger partial charge in [0, 0.05) is 5.70 Å². The number of carbonyl (C=O) groups is 2. The van der Waals surface area contributed by atoms with E-state index in [0.717, 1.165) is 11.3 Å². The highest BCUT2D eigenvalue weighted by molar-refractivity contribution is 6.43. The molecule has 1 aliphatic heterocycles. The van der Waals surface area contributed by atoms with Gasteiger partial charge in [0.2, 0.25) is 0 Å². The van der Waals surface area contributed by atoms with Crippen LogP contribution in [-0.4, -0.2) is 31.0 Å². The standard InChI is InChI=1S/C22H19Cl2NO4/c1-13-19(22(27)29-3)17(11-15-5-4-6-18(23)20(15)24)21(26)25(13)12-14-7-9-16(28-2)10-8-14/h4-11H,12H2,1-3H3/b17-11-. The van der Waals surface area contributed by atoms with E-state index in [1.165, 1.54) is 7.11 Å². The Kier molecular flexibility index (Phi) is 6.30. The highest BCUT2D eigenvalue weighted by Crippen LogP contribution is 2.35. The van der Waals surface area contributed by atoms with Gasteiger partial charge >= 0.3 is 5.97 Å². The molecule has 0 aliphatic carbocycles. The zero-order chi connectivity index (χ0) is 21.1. The molecule has 0 radical (unpaired) electrons. The van der Waals surface area contributed by atoms with Gasteiger partial charge in [0.15, 0.2) is 0 Å². The molecule has 150 valence electrons. The number of hydrogen-bond acceptors (Lipinski definition) is 4. The van der Waals surface area contributed by atoms with Crippen molar-refractivity contribution >= 4 is 41.2 Å². The number of amides is 1. The van der Waals surface area contributed by atoms with Crippen LogP contribution in [0.5, 0.6) is 5.75 Å². The third kappa shape index (κ3) is 4.16. The van der Waals surface area contributed by atoms with Crippen molar-refractivity contribution in [2.24, 2.45) is 0 Å². The summed E-state index contributed by atoms with van der Waals surface area (Å²) >= 11 is 12.3. The Balaban J connectivity index is 2.03. The Morgan fingerprint density at radius 3 is 2.41 bits per heavy atom. The van der Waals surface area contributed by atoms with E-state index in [1.54, 1.807) is 43.2 Å². The minimum atomic E-state index is -0.586. The Morgan fingerprint density at radius 2 is 1.79 bits per heavy atom. The first kappa shape index (κ1) is 21.0. The van der Waals surface area contributed by atoms with Crippen molar-refractivity contribution < 1.29 is 19.1 Å². The van der Waals surface area contributed by atoms with Gasteiger partial charge in [-0.15, -0.1) is 0 Å². The number of methoxy groups -OCH3 is 2. The van der Waals surface area contributed by atoms with Gasteiger partial charge < -0.3 is 14.4 Å². The van der Waals surface area contributed by atoms with Gasteiger partial charge in [-0.25, -0.2) is 4.79 Å². The number of hydrogen-bond donors (Lipinski definition) is 0. The van der Waals surface area contributed by atoms with Gasteiger partial charge in [-0.1, -0.05) is 47.5 Å². The highest BCUT2D eigenvalue weighted by Gasteiger charge is 2.37. The second-order valence-corrected chi connectivity index (χ2v) is 7.18. The number of esters is 1. The predicted molar refractivity (Wildman–Crippen MR) is 113 cm³/mol. The number of nitrogens with zero attached hydrogens (tertiary/aromatic N) is 1. The van der Waals surface area contributed by atoms with Crippen LogP contribution >= 0.6 is 23.2 Å². The van der Waals surface area contributed by atoms with E-state index in [4.69, 9.17) is 32.7 Å². The van der Waals surface area contributed by atoms with Crippen molar-refractivity contribution in [2.75, 3.05) is 14.2 Å². The van der Waals surface area contributed by atoms with Crippen molar-refractivity contribution in [3.8, 4) is 5.75 Å². The molecule has 0 aromatic heterocycles. The van der Waals surface area contributed by atoms with Crippen molar-refractivity contribution in [2.45, 2.75) is 13.5 Å². The molecule has 0 fully saturated rings. The van der Waals surface area contributed by atoms with Crippen LogP contribution in [0.3, 0.4) is 0 Å². The van der Waals surface area contributed by atoms with Crippen LogP contribution in [0.25, 0.3) is 6.08 Å². The Labute approximate surface area is 179 Å². The van der Waals surface area contributed by atoms with Crippen molar-refractivity contribution in [3.63, 3.8) is 0 Å². The number of ether oxygens (including phenoxy) is 2. The zero-order valence-corrected chi connectivity index (χ0v) is 17.7. The number of rotatable bonds is 5. The second kappa shape index (κ2) is 8.72. The fourth-order valence-corrected chi connectivity index (χ4v) is 3.48. The molecule has 0 saturated heterocycles. The van der Waals surface area contributed by atoms with Gasteiger partial charge in [0.05, 0.1) is 42.0 Å². The lowest BCUT2D eigenvalue weighted by atomic mass is 10.0. The quantitative estimate of drug-likeness (QED) is 0.500. The Morgan fingerprint density at radius 1 is 1.10 bits per heavy atom. The molecule has 7 heteroatoms. The zero-order valence-electron chi connectivity index (χ0n) is 16.2. The average molecular weight is 432 g/mol. The van der Waals surface area contributed by atoms with Gasteiger partial charge in [-0.3, -0.25) is 4.79 Å². The summed E-state index contributed by atoms with van der Waals surface area (Å²) in [5, 5.41) is 0.673. The molecule has 0 atom stereocenters. The first-order valence-electron chi connectivity index (χ1n) is 8.77. The summed E-state index contributed by atoms with van der Waals surface area (Å²) in [5.41, 5.74) is 2.38. The number of benzene rings is 2. The summed E-state index contributed by atoms with van der Waals surface area (Å²) in [6.45, 7) is 2.02. The van der Waals surface area contributed by atoms with Gasteiger partial charge in [0.1, 0.15) is 5.75 Å². The van der Waals surface area contributed by atoms with Crippen LogP contribution < -0.4 is 4.74 Å². The molecular formula is C22H19Cl2NO4. The van der Waals surface area contributed by atoms with Crippen LogP contribution in [-0.2, 0) is 20.9 Å². The molecule has 2 aromatic rings. The lowest BCUT2D eigenvalue weighted by Crippen LogP contribution is -2.24. The molecular weight excluding hydrogens is 413 g/mol. The summed E-state index contributed by atoms with van der Waals surface area (Å²) in [4.78, 5) is 27.2. The summed E-state index contributed by atoms with van der Waals surface area (Å²) in [7, 11) is 2.87. The number of carbonyl (C=O) groups excluding carboxylic acids is 2. The highest BCUT2D eigenvalue weighted by atomic mass is 35.5. The van der Waals surface area contributed by atoms with E-state index in [-0.39, 0.29) is 17.1 Å². The van der Waals surface area contributed by atoms with Crippen LogP contribution in [0.2, 0.25) is 10.0 Å².